The fourth-order valence-electron chi connectivity index (χ4n) is 4.19. The van der Waals surface area contributed by atoms with E-state index in [1.165, 1.54) is 4.68 Å². The van der Waals surface area contributed by atoms with Crippen LogP contribution in [-0.4, -0.2) is 32.2 Å². The third kappa shape index (κ3) is 6.22. The molecule has 0 radical (unpaired) electrons. The molecule has 206 valence electrons. The first kappa shape index (κ1) is 27.1. The van der Waals surface area contributed by atoms with Crippen LogP contribution in [-0.2, 0) is 11.8 Å². The van der Waals surface area contributed by atoms with Crippen LogP contribution >= 0.6 is 0 Å². The highest BCUT2D eigenvalue weighted by atomic mass is 19.1. The maximum atomic E-state index is 13.6. The third-order valence-corrected chi connectivity index (χ3v) is 6.35. The zero-order valence-electron chi connectivity index (χ0n) is 22.1. The Bertz CT molecular complexity index is 1690. The van der Waals surface area contributed by atoms with Crippen LogP contribution in [0.3, 0.4) is 0 Å². The smallest absolute Gasteiger partial charge is 0.413 e. The van der Waals surface area contributed by atoms with E-state index in [4.69, 9.17) is 9.47 Å². The second-order valence-electron chi connectivity index (χ2n) is 9.14. The van der Waals surface area contributed by atoms with E-state index in [0.717, 1.165) is 40.5 Å². The van der Waals surface area contributed by atoms with E-state index in [-0.39, 0.29) is 11.3 Å². The molecule has 1 heterocycles. The molecule has 0 saturated heterocycles. The van der Waals surface area contributed by atoms with Crippen molar-refractivity contribution in [2.24, 2.45) is 7.05 Å². The molecule has 10 heteroatoms. The first-order valence-electron chi connectivity index (χ1n) is 12.6. The van der Waals surface area contributed by atoms with Gasteiger partial charge in [-0.15, -0.1) is 5.10 Å². The Balaban J connectivity index is 1.28. The normalized spacial score (nSPS) is 11.5. The van der Waals surface area contributed by atoms with Crippen LogP contribution in [0.25, 0.3) is 22.4 Å². The number of nitrogens with one attached hydrogen (secondary N) is 1. The summed E-state index contributed by atoms with van der Waals surface area (Å²) in [6.07, 6.45) is -1.06. The van der Waals surface area contributed by atoms with E-state index in [0.29, 0.717) is 17.3 Å². The average molecular weight is 553 g/mol. The lowest BCUT2D eigenvalue weighted by Gasteiger charge is -2.14. The summed E-state index contributed by atoms with van der Waals surface area (Å²) < 4.78 is 26.3. The van der Waals surface area contributed by atoms with Crippen molar-refractivity contribution in [1.29, 1.82) is 0 Å². The van der Waals surface area contributed by atoms with E-state index in [2.05, 4.69) is 15.6 Å². The summed E-state index contributed by atoms with van der Waals surface area (Å²) in [4.78, 5) is 24.0. The lowest BCUT2D eigenvalue weighted by molar-refractivity contribution is 0.0694. The summed E-state index contributed by atoms with van der Waals surface area (Å²) in [6, 6.07) is 27.2. The van der Waals surface area contributed by atoms with Crippen LogP contribution in [0.5, 0.6) is 11.5 Å². The van der Waals surface area contributed by atoms with Crippen LogP contribution in [0.15, 0.2) is 97.1 Å². The maximum Gasteiger partial charge on any atom is 0.413 e. The first-order chi connectivity index (χ1) is 19.8. The molecule has 1 atom stereocenters. The SMILES string of the molecule is C[C@@H](OC(=O)Nc1c(-c2ccc(-c3ccc(Oc4cc(F)ccc4C(=O)O)cc3)cc2)nnn1C)c1ccccc1. The van der Waals surface area contributed by atoms with Crippen LogP contribution < -0.4 is 10.1 Å². The monoisotopic (exact) mass is 552 g/mol. The van der Waals surface area contributed by atoms with Crippen LogP contribution in [0.2, 0.25) is 0 Å². The number of hydrogen-bond donors (Lipinski definition) is 2. The molecule has 5 aromatic rings. The second kappa shape index (κ2) is 11.7. The molecule has 5 rings (SSSR count). The van der Waals surface area contributed by atoms with Crippen molar-refractivity contribution in [3.8, 4) is 33.9 Å². The summed E-state index contributed by atoms with van der Waals surface area (Å²) >= 11 is 0. The van der Waals surface area contributed by atoms with Gasteiger partial charge in [-0.25, -0.2) is 18.7 Å². The number of aromatic carboxylic acids is 1. The van der Waals surface area contributed by atoms with E-state index in [1.54, 1.807) is 26.1 Å². The number of aromatic nitrogens is 3. The second-order valence-corrected chi connectivity index (χ2v) is 9.14. The Morgan fingerprint density at radius 1 is 0.902 bits per heavy atom. The number of hydrogen-bond acceptors (Lipinski definition) is 6. The number of carbonyl (C=O) groups is 2. The summed E-state index contributed by atoms with van der Waals surface area (Å²) in [7, 11) is 1.67. The molecule has 0 aliphatic heterocycles. The number of ether oxygens (including phenoxy) is 2. The zero-order chi connectivity index (χ0) is 28.9. The van der Waals surface area contributed by atoms with Crippen molar-refractivity contribution in [2.75, 3.05) is 5.32 Å². The van der Waals surface area contributed by atoms with Crippen molar-refractivity contribution in [3.63, 3.8) is 0 Å². The molecule has 0 spiro atoms. The van der Waals surface area contributed by atoms with Crippen molar-refractivity contribution in [3.05, 3.63) is 114 Å². The lowest BCUT2D eigenvalue weighted by Crippen LogP contribution is -2.18. The number of rotatable bonds is 8. The molecule has 0 bridgehead atoms. The maximum absolute atomic E-state index is 13.6. The zero-order valence-corrected chi connectivity index (χ0v) is 22.1. The molecular formula is C31H25FN4O5. The molecule has 41 heavy (non-hydrogen) atoms. The molecule has 0 aliphatic rings. The number of halogens is 1. The minimum Gasteiger partial charge on any atom is -0.478 e. The Morgan fingerprint density at radius 2 is 1.54 bits per heavy atom. The van der Waals surface area contributed by atoms with Gasteiger partial charge < -0.3 is 14.6 Å². The molecule has 0 fully saturated rings. The van der Waals surface area contributed by atoms with Gasteiger partial charge in [-0.3, -0.25) is 5.32 Å². The minimum atomic E-state index is -1.21. The van der Waals surface area contributed by atoms with Gasteiger partial charge in [-0.05, 0) is 47.9 Å². The standard InChI is InChI=1S/C31H25FN4O5/c1-19(20-6-4-3-5-7-20)40-31(39)33-29-28(34-35-36(29)2)23-10-8-21(9-11-23)22-12-15-25(16-13-22)41-27-18-24(32)14-17-26(27)30(37)38/h3-19H,1-2H3,(H,33,39)(H,37,38)/t19-/m1/s1. The number of anilines is 1. The van der Waals surface area contributed by atoms with Crippen LogP contribution in [0.1, 0.15) is 28.9 Å². The van der Waals surface area contributed by atoms with Gasteiger partial charge in [0.25, 0.3) is 0 Å². The Hall–Kier alpha value is -5.51. The number of carboxylic acid groups (broad SMARTS) is 1. The summed E-state index contributed by atoms with van der Waals surface area (Å²) in [6.45, 7) is 1.80. The van der Waals surface area contributed by atoms with Gasteiger partial charge in [0.1, 0.15) is 34.7 Å². The topological polar surface area (TPSA) is 116 Å². The molecule has 1 amide bonds. The highest BCUT2D eigenvalue weighted by molar-refractivity contribution is 5.91. The van der Waals surface area contributed by atoms with E-state index in [1.807, 2.05) is 66.7 Å². The number of benzene rings is 4. The lowest BCUT2D eigenvalue weighted by atomic mass is 10.0. The molecule has 0 unspecified atom stereocenters. The summed E-state index contributed by atoms with van der Waals surface area (Å²) in [5.74, 6) is -1.13. The van der Waals surface area contributed by atoms with Gasteiger partial charge in [0, 0.05) is 18.7 Å². The predicted octanol–water partition coefficient (Wildman–Crippen LogP) is 7.09. The number of carboxylic acids is 1. The largest absolute Gasteiger partial charge is 0.478 e. The Kier molecular flexibility index (Phi) is 7.73. The molecule has 0 aliphatic carbocycles. The summed E-state index contributed by atoms with van der Waals surface area (Å²) in [5.41, 5.74) is 3.73. The van der Waals surface area contributed by atoms with Gasteiger partial charge >= 0.3 is 12.1 Å². The van der Waals surface area contributed by atoms with Gasteiger partial charge in [-0.1, -0.05) is 71.9 Å². The summed E-state index contributed by atoms with van der Waals surface area (Å²) in [5, 5.41) is 20.3. The Labute approximate surface area is 234 Å². The molecular weight excluding hydrogens is 527 g/mol. The van der Waals surface area contributed by atoms with Gasteiger partial charge in [0.2, 0.25) is 0 Å². The molecule has 4 aromatic carbocycles. The average Bonchev–Trinajstić information content (AvgIpc) is 3.33. The highest BCUT2D eigenvalue weighted by Crippen LogP contribution is 2.31. The fraction of sp³-hybridized carbons (Fsp3) is 0.0968. The number of aryl methyl sites for hydroxylation is 1. The van der Waals surface area contributed by atoms with Crippen molar-refractivity contribution >= 4 is 17.9 Å². The van der Waals surface area contributed by atoms with Gasteiger partial charge in [0.05, 0.1) is 0 Å². The molecule has 2 N–H and O–H groups in total. The third-order valence-electron chi connectivity index (χ3n) is 6.35. The molecule has 9 nitrogen and oxygen atoms in total. The van der Waals surface area contributed by atoms with E-state index >= 15 is 0 Å². The van der Waals surface area contributed by atoms with Crippen molar-refractivity contribution in [1.82, 2.24) is 15.0 Å². The number of carbonyl (C=O) groups excluding carboxylic acids is 1. The van der Waals surface area contributed by atoms with Crippen LogP contribution in [0, 0.1) is 5.82 Å². The van der Waals surface area contributed by atoms with Crippen LogP contribution in [0.4, 0.5) is 15.0 Å². The van der Waals surface area contributed by atoms with E-state index in [9.17, 15) is 19.1 Å². The predicted molar refractivity (Wildman–Crippen MR) is 150 cm³/mol. The number of amides is 1. The first-order valence-corrected chi connectivity index (χ1v) is 12.6. The molecule has 1 aromatic heterocycles. The van der Waals surface area contributed by atoms with E-state index < -0.39 is 24.0 Å². The Morgan fingerprint density at radius 3 is 2.20 bits per heavy atom. The fourth-order valence-corrected chi connectivity index (χ4v) is 4.19. The quantitative estimate of drug-likeness (QED) is 0.211. The highest BCUT2D eigenvalue weighted by Gasteiger charge is 2.19. The number of nitrogens with zero attached hydrogens (tertiary/aromatic N) is 3. The van der Waals surface area contributed by atoms with Crippen molar-refractivity contribution in [2.45, 2.75) is 13.0 Å². The van der Waals surface area contributed by atoms with Gasteiger partial charge in [0.15, 0.2) is 5.82 Å². The van der Waals surface area contributed by atoms with Gasteiger partial charge in [-0.2, -0.15) is 0 Å². The minimum absolute atomic E-state index is 0.0820. The van der Waals surface area contributed by atoms with Crippen molar-refractivity contribution < 1.29 is 28.6 Å². The molecule has 0 saturated carbocycles.